The van der Waals surface area contributed by atoms with E-state index in [0.717, 1.165) is 53.4 Å². The van der Waals surface area contributed by atoms with E-state index in [1.165, 1.54) is 16.7 Å². The Morgan fingerprint density at radius 1 is 0.976 bits per heavy atom. The third-order valence-electron chi connectivity index (χ3n) is 8.22. The van der Waals surface area contributed by atoms with Crippen LogP contribution in [0.2, 0.25) is 0 Å². The summed E-state index contributed by atoms with van der Waals surface area (Å²) in [7, 11) is 2.13. The molecule has 3 aromatic rings. The summed E-state index contributed by atoms with van der Waals surface area (Å²) in [5.74, 6) is -0.623. The molecule has 1 heterocycles. The maximum absolute atomic E-state index is 13.5. The second-order valence-electron chi connectivity index (χ2n) is 11.8. The summed E-state index contributed by atoms with van der Waals surface area (Å²) >= 11 is 0. The van der Waals surface area contributed by atoms with E-state index in [9.17, 15) is 9.59 Å². The van der Waals surface area contributed by atoms with Gasteiger partial charge in [0, 0.05) is 18.5 Å². The van der Waals surface area contributed by atoms with E-state index in [2.05, 4.69) is 41.7 Å². The van der Waals surface area contributed by atoms with Crippen LogP contribution in [-0.2, 0) is 16.0 Å². The maximum Gasteiger partial charge on any atom is 0.247 e. The lowest BCUT2D eigenvalue weighted by atomic mass is 10.0. The van der Waals surface area contributed by atoms with E-state index in [1.807, 2.05) is 42.5 Å². The van der Waals surface area contributed by atoms with E-state index in [0.29, 0.717) is 38.0 Å². The first-order valence-electron chi connectivity index (χ1n) is 14.9. The molecule has 0 bridgehead atoms. The summed E-state index contributed by atoms with van der Waals surface area (Å²) in [6, 6.07) is 16.6. The number of quaternary nitrogens is 1. The number of amides is 2. The second-order valence-corrected chi connectivity index (χ2v) is 11.8. The van der Waals surface area contributed by atoms with Crippen molar-refractivity contribution in [1.82, 2.24) is 10.3 Å². The molecule has 9 heteroatoms. The molecule has 8 N–H and O–H groups in total. The first-order valence-corrected chi connectivity index (χ1v) is 14.9. The van der Waals surface area contributed by atoms with Crippen LogP contribution in [0.4, 0.5) is 5.69 Å². The second kappa shape index (κ2) is 14.5. The van der Waals surface area contributed by atoms with Crippen LogP contribution < -0.4 is 27.8 Å². The van der Waals surface area contributed by atoms with Crippen LogP contribution in [0.5, 0.6) is 0 Å². The Morgan fingerprint density at radius 3 is 2.36 bits per heavy atom. The monoisotopic (exact) mass is 572 g/mol. The average Bonchev–Trinajstić information content (AvgIpc) is 3.71. The molecule has 4 rings (SSSR count). The summed E-state index contributed by atoms with van der Waals surface area (Å²) in [6.45, 7) is 5.78. The number of nitrogens with two attached hydrogens (primary N) is 3. The number of benzene rings is 2. The average molecular weight is 573 g/mol. The smallest absolute Gasteiger partial charge is 0.247 e. The summed E-state index contributed by atoms with van der Waals surface area (Å²) in [5.41, 5.74) is 24.4. The van der Waals surface area contributed by atoms with E-state index in [4.69, 9.17) is 17.2 Å². The lowest BCUT2D eigenvalue weighted by Crippen LogP contribution is -2.52. The van der Waals surface area contributed by atoms with Crippen molar-refractivity contribution in [2.75, 3.05) is 45.1 Å². The molecule has 0 radical (unpaired) electrons. The molecule has 0 saturated carbocycles. The van der Waals surface area contributed by atoms with Crippen molar-refractivity contribution in [2.45, 2.75) is 51.1 Å². The fraction of sp³-hybridized carbons (Fsp3) is 0.424. The standard InChI is InChI=1S/C33H45N7O2/c1-23-19-28(23)25-11-12-26-20-27(22-37-31(26)21-25)38-33(42)30(13-10-24-7-4-3-5-8-24)39-32(41)29(36)9-6-16-40(2,17-14-34)18-15-35/h3-5,7-8,11-12,20-22,29-30H,6,9-10,13-19,34-36H2,1-2H3,(H-,38,39,41,42)/p+1/t29-,30+/m0/s1. The van der Waals surface area contributed by atoms with E-state index >= 15 is 0 Å². The number of nitrogens with one attached hydrogen (secondary N) is 2. The Balaban J connectivity index is 1.40. The van der Waals surface area contributed by atoms with Gasteiger partial charge < -0.3 is 32.3 Å². The van der Waals surface area contributed by atoms with Crippen molar-refractivity contribution in [3.05, 3.63) is 77.5 Å². The molecular weight excluding hydrogens is 526 g/mol. The third kappa shape index (κ3) is 8.69. The fourth-order valence-corrected chi connectivity index (χ4v) is 5.46. The highest BCUT2D eigenvalue weighted by Gasteiger charge is 2.26. The van der Waals surface area contributed by atoms with Crippen LogP contribution in [0.25, 0.3) is 16.5 Å². The molecule has 0 unspecified atom stereocenters. The van der Waals surface area contributed by atoms with E-state index in [1.54, 1.807) is 6.20 Å². The van der Waals surface area contributed by atoms with Crippen LogP contribution in [-0.4, -0.2) is 73.1 Å². The molecule has 0 fully saturated rings. The quantitative estimate of drug-likeness (QED) is 0.167. The molecule has 0 saturated heterocycles. The Kier molecular flexibility index (Phi) is 10.8. The van der Waals surface area contributed by atoms with Gasteiger partial charge >= 0.3 is 0 Å². The number of nitrogens with zero attached hydrogens (tertiary/aromatic N) is 2. The molecule has 1 aromatic heterocycles. The van der Waals surface area contributed by atoms with Crippen molar-refractivity contribution < 1.29 is 14.1 Å². The first-order chi connectivity index (χ1) is 20.2. The molecule has 1 aliphatic carbocycles. The Labute approximate surface area is 249 Å². The van der Waals surface area contributed by atoms with Crippen LogP contribution in [0.15, 0.2) is 66.4 Å². The molecule has 224 valence electrons. The number of carbonyl (C=O) groups is 2. The highest BCUT2D eigenvalue weighted by molar-refractivity contribution is 5.99. The molecule has 0 aliphatic heterocycles. The lowest BCUT2D eigenvalue weighted by Gasteiger charge is -2.34. The number of pyridine rings is 1. The van der Waals surface area contributed by atoms with Gasteiger partial charge in [0.25, 0.3) is 0 Å². The predicted molar refractivity (Wildman–Crippen MR) is 170 cm³/mol. The number of fused-ring (bicyclic) bond motifs is 1. The van der Waals surface area contributed by atoms with Gasteiger partial charge in [0.2, 0.25) is 11.8 Å². The van der Waals surface area contributed by atoms with Gasteiger partial charge in [-0.05, 0) is 67.9 Å². The van der Waals surface area contributed by atoms with Gasteiger partial charge in [-0.1, -0.05) is 48.0 Å². The van der Waals surface area contributed by atoms with Crippen molar-refractivity contribution in [1.29, 1.82) is 0 Å². The molecule has 0 spiro atoms. The molecule has 1 aliphatic rings. The summed E-state index contributed by atoms with van der Waals surface area (Å²) in [6.07, 6.45) is 5.06. The van der Waals surface area contributed by atoms with Gasteiger partial charge in [-0.25, -0.2) is 0 Å². The highest BCUT2D eigenvalue weighted by Crippen LogP contribution is 2.40. The first kappa shape index (κ1) is 31.3. The summed E-state index contributed by atoms with van der Waals surface area (Å²) in [5, 5.41) is 6.84. The predicted octanol–water partition coefficient (Wildman–Crippen LogP) is 2.94. The molecule has 2 amide bonds. The zero-order valence-electron chi connectivity index (χ0n) is 24.9. The van der Waals surface area contributed by atoms with Gasteiger partial charge in [0.15, 0.2) is 0 Å². The third-order valence-corrected chi connectivity index (χ3v) is 8.22. The van der Waals surface area contributed by atoms with Crippen LogP contribution in [0, 0.1) is 0 Å². The molecule has 9 nitrogen and oxygen atoms in total. The number of hydrogen-bond acceptors (Lipinski definition) is 6. The minimum Gasteiger partial charge on any atom is -0.343 e. The number of aryl methyl sites for hydroxylation is 1. The minimum atomic E-state index is -0.748. The molecule has 2 aromatic carbocycles. The topological polar surface area (TPSA) is 149 Å². The number of rotatable bonds is 16. The number of hydrogen-bond donors (Lipinski definition) is 5. The van der Waals surface area contributed by atoms with Crippen molar-refractivity contribution in [2.24, 2.45) is 17.2 Å². The summed E-state index contributed by atoms with van der Waals surface area (Å²) < 4.78 is 0.752. The van der Waals surface area contributed by atoms with Crippen LogP contribution >= 0.6 is 0 Å². The number of allylic oxidation sites excluding steroid dienone is 2. The molecule has 2 atom stereocenters. The number of likely N-dealkylation sites (N-methyl/N-ethyl adjacent to an activating group) is 1. The Hall–Kier alpha value is -3.63. The molecule has 42 heavy (non-hydrogen) atoms. The molecular formula is C33H46N7O2+. The fourth-order valence-electron chi connectivity index (χ4n) is 5.46. The largest absolute Gasteiger partial charge is 0.343 e. The van der Waals surface area contributed by atoms with Gasteiger partial charge in [-0.15, -0.1) is 0 Å². The van der Waals surface area contributed by atoms with Gasteiger partial charge in [-0.2, -0.15) is 0 Å². The number of carbonyl (C=O) groups excluding carboxylic acids is 2. The lowest BCUT2D eigenvalue weighted by molar-refractivity contribution is -0.907. The normalized spacial score (nSPS) is 14.5. The van der Waals surface area contributed by atoms with Crippen molar-refractivity contribution in [3.8, 4) is 0 Å². The zero-order valence-corrected chi connectivity index (χ0v) is 24.9. The van der Waals surface area contributed by atoms with Gasteiger partial charge in [0.1, 0.15) is 6.04 Å². The van der Waals surface area contributed by atoms with Crippen molar-refractivity contribution in [3.63, 3.8) is 0 Å². The maximum atomic E-state index is 13.5. The minimum absolute atomic E-state index is 0.293. The highest BCUT2D eigenvalue weighted by atomic mass is 16.2. The van der Waals surface area contributed by atoms with E-state index < -0.39 is 12.1 Å². The van der Waals surface area contributed by atoms with E-state index in [-0.39, 0.29) is 11.8 Å². The van der Waals surface area contributed by atoms with Crippen LogP contribution in [0.1, 0.15) is 43.7 Å². The summed E-state index contributed by atoms with van der Waals surface area (Å²) in [4.78, 5) is 31.2. The number of anilines is 1. The zero-order chi connectivity index (χ0) is 30.1. The Bertz CT molecular complexity index is 1400. The van der Waals surface area contributed by atoms with Crippen LogP contribution in [0.3, 0.4) is 0 Å². The van der Waals surface area contributed by atoms with Gasteiger partial charge in [-0.3, -0.25) is 14.6 Å². The number of aromatic nitrogens is 1. The van der Waals surface area contributed by atoms with Gasteiger partial charge in [0.05, 0.1) is 50.1 Å². The Morgan fingerprint density at radius 2 is 1.69 bits per heavy atom. The van der Waals surface area contributed by atoms with Crippen molar-refractivity contribution >= 4 is 34.0 Å². The SMILES string of the molecule is CC1=C(c2ccc3cc(NC(=O)[C@@H](CCc4ccccc4)NC(=O)[C@@H](N)CCC[N+](C)(CCN)CCN)cnc3c2)C1.